The van der Waals surface area contributed by atoms with Gasteiger partial charge in [0.05, 0.1) is 5.69 Å². The Labute approximate surface area is 80.0 Å². The normalized spacial score (nSPS) is 10.1. The summed E-state index contributed by atoms with van der Waals surface area (Å²) in [7, 11) is 0. The van der Waals surface area contributed by atoms with Crippen molar-refractivity contribution in [1.29, 1.82) is 0 Å². The molecule has 14 heavy (non-hydrogen) atoms. The number of rotatable bonds is 1. The monoisotopic (exact) mass is 190 g/mol. The van der Waals surface area contributed by atoms with Gasteiger partial charge in [0.15, 0.2) is 11.6 Å². The van der Waals surface area contributed by atoms with Crippen LogP contribution in [0.4, 0.5) is 8.78 Å². The first-order valence-corrected chi connectivity index (χ1v) is 4.05. The minimum absolute atomic E-state index is 0.166. The van der Waals surface area contributed by atoms with E-state index in [-0.39, 0.29) is 5.56 Å². The van der Waals surface area contributed by atoms with Gasteiger partial charge in [-0.15, -0.1) is 0 Å². The predicted molar refractivity (Wildman–Crippen MR) is 48.4 cm³/mol. The molecule has 0 amide bonds. The van der Waals surface area contributed by atoms with Crippen LogP contribution in [-0.2, 0) is 0 Å². The van der Waals surface area contributed by atoms with E-state index < -0.39 is 11.6 Å². The molecule has 1 aromatic carbocycles. The Hall–Kier alpha value is -1.77. The number of hydrogen-bond acceptors (Lipinski definition) is 1. The van der Waals surface area contributed by atoms with Gasteiger partial charge in [0.25, 0.3) is 0 Å². The summed E-state index contributed by atoms with van der Waals surface area (Å²) in [6.07, 6.45) is 1.42. The zero-order valence-corrected chi connectivity index (χ0v) is 7.17. The van der Waals surface area contributed by atoms with E-state index in [9.17, 15) is 8.78 Å². The number of aromatic nitrogens is 1. The molecule has 69 valence electrons. The van der Waals surface area contributed by atoms with E-state index in [0.717, 1.165) is 6.07 Å². The van der Waals surface area contributed by atoms with Crippen molar-refractivity contribution in [1.82, 2.24) is 4.98 Å². The van der Waals surface area contributed by atoms with Crippen LogP contribution < -0.4 is 0 Å². The van der Waals surface area contributed by atoms with Crippen LogP contribution in [0.15, 0.2) is 36.5 Å². The first-order chi connectivity index (χ1) is 6.79. The van der Waals surface area contributed by atoms with Crippen molar-refractivity contribution in [3.05, 3.63) is 54.2 Å². The molecule has 1 radical (unpaired) electrons. The average Bonchev–Trinajstić information content (AvgIpc) is 2.23. The fourth-order valence-electron chi connectivity index (χ4n) is 1.18. The molecule has 0 saturated carbocycles. The van der Waals surface area contributed by atoms with Crippen LogP contribution in [0, 0.1) is 17.7 Å². The lowest BCUT2D eigenvalue weighted by Crippen LogP contribution is -1.90. The largest absolute Gasteiger partial charge is 0.256 e. The van der Waals surface area contributed by atoms with Crippen molar-refractivity contribution in [2.75, 3.05) is 0 Å². The highest BCUT2D eigenvalue weighted by molar-refractivity contribution is 5.59. The molecule has 2 aromatic rings. The maximum absolute atomic E-state index is 13.3. The van der Waals surface area contributed by atoms with Crippen LogP contribution >= 0.6 is 0 Å². The lowest BCUT2D eigenvalue weighted by atomic mass is 10.1. The quantitative estimate of drug-likeness (QED) is 0.673. The van der Waals surface area contributed by atoms with E-state index in [1.165, 1.54) is 18.3 Å². The smallest absolute Gasteiger partial charge is 0.168 e. The lowest BCUT2D eigenvalue weighted by molar-refractivity contribution is 0.511. The van der Waals surface area contributed by atoms with Crippen LogP contribution in [0.25, 0.3) is 11.3 Å². The zero-order chi connectivity index (χ0) is 9.97. The van der Waals surface area contributed by atoms with Gasteiger partial charge >= 0.3 is 0 Å². The summed E-state index contributed by atoms with van der Waals surface area (Å²) in [6.45, 7) is 0. The molecule has 0 aliphatic rings. The van der Waals surface area contributed by atoms with Crippen molar-refractivity contribution >= 4 is 0 Å². The van der Waals surface area contributed by atoms with Gasteiger partial charge in [0, 0.05) is 17.8 Å². The number of halogens is 2. The van der Waals surface area contributed by atoms with Gasteiger partial charge in [-0.2, -0.15) is 0 Å². The molecule has 0 spiro atoms. The first kappa shape index (κ1) is 8.81. The van der Waals surface area contributed by atoms with Gasteiger partial charge in [-0.1, -0.05) is 12.1 Å². The van der Waals surface area contributed by atoms with Gasteiger partial charge in [-0.05, 0) is 18.2 Å². The second-order valence-corrected chi connectivity index (χ2v) is 2.74. The second kappa shape index (κ2) is 3.54. The summed E-state index contributed by atoms with van der Waals surface area (Å²) in [6, 6.07) is 9.91. The second-order valence-electron chi connectivity index (χ2n) is 2.74. The standard InChI is InChI=1S/C11H6F2N/c12-9-5-3-4-8(11(9)13)10-6-1-2-7-14-10/h1,3-7H. The number of hydrogen-bond donors (Lipinski definition) is 0. The van der Waals surface area contributed by atoms with Crippen molar-refractivity contribution in [2.45, 2.75) is 0 Å². The Morgan fingerprint density at radius 2 is 2.00 bits per heavy atom. The van der Waals surface area contributed by atoms with Crippen molar-refractivity contribution in [2.24, 2.45) is 0 Å². The van der Waals surface area contributed by atoms with Crippen LogP contribution in [-0.4, -0.2) is 4.98 Å². The topological polar surface area (TPSA) is 12.9 Å². The molecular weight excluding hydrogens is 184 g/mol. The molecule has 0 unspecified atom stereocenters. The summed E-state index contributed by atoms with van der Waals surface area (Å²) in [5, 5.41) is 0. The minimum Gasteiger partial charge on any atom is -0.256 e. The predicted octanol–water partition coefficient (Wildman–Crippen LogP) is 2.83. The van der Waals surface area contributed by atoms with Crippen LogP contribution in [0.3, 0.4) is 0 Å². The van der Waals surface area contributed by atoms with Crippen LogP contribution in [0.2, 0.25) is 0 Å². The Kier molecular flexibility index (Phi) is 2.23. The summed E-state index contributed by atoms with van der Waals surface area (Å²) in [5.41, 5.74) is 0.569. The highest BCUT2D eigenvalue weighted by Crippen LogP contribution is 2.21. The summed E-state index contributed by atoms with van der Waals surface area (Å²) >= 11 is 0. The lowest BCUT2D eigenvalue weighted by Gasteiger charge is -2.01. The molecule has 3 heteroatoms. The summed E-state index contributed by atoms with van der Waals surface area (Å²) in [4.78, 5) is 3.89. The molecule has 1 aromatic heterocycles. The van der Waals surface area contributed by atoms with Gasteiger partial charge in [-0.25, -0.2) is 8.78 Å². The fraction of sp³-hybridized carbons (Fsp3) is 0. The average molecular weight is 190 g/mol. The molecule has 0 aliphatic carbocycles. The first-order valence-electron chi connectivity index (χ1n) is 4.05. The van der Waals surface area contributed by atoms with Gasteiger partial charge in [0.1, 0.15) is 0 Å². The van der Waals surface area contributed by atoms with Crippen molar-refractivity contribution in [3.63, 3.8) is 0 Å². The van der Waals surface area contributed by atoms with Crippen molar-refractivity contribution in [3.8, 4) is 11.3 Å². The molecule has 0 N–H and O–H groups in total. The SMILES string of the molecule is Fc1cccc(-c2cc[c]cn2)c1F. The van der Waals surface area contributed by atoms with E-state index >= 15 is 0 Å². The van der Waals surface area contributed by atoms with Gasteiger partial charge in [-0.3, -0.25) is 4.98 Å². The Morgan fingerprint density at radius 3 is 2.71 bits per heavy atom. The molecular formula is C11H6F2N. The molecule has 0 aliphatic heterocycles. The Bertz CT molecular complexity index is 440. The van der Waals surface area contributed by atoms with E-state index in [4.69, 9.17) is 0 Å². The fourth-order valence-corrected chi connectivity index (χ4v) is 1.18. The van der Waals surface area contributed by atoms with Gasteiger partial charge in [0.2, 0.25) is 0 Å². The maximum atomic E-state index is 13.3. The number of benzene rings is 1. The summed E-state index contributed by atoms with van der Waals surface area (Å²) in [5.74, 6) is -1.73. The molecule has 0 bridgehead atoms. The van der Waals surface area contributed by atoms with E-state index in [1.807, 2.05) is 0 Å². The molecule has 0 fully saturated rings. The van der Waals surface area contributed by atoms with Gasteiger partial charge < -0.3 is 0 Å². The Morgan fingerprint density at radius 1 is 1.14 bits per heavy atom. The zero-order valence-electron chi connectivity index (χ0n) is 7.17. The van der Waals surface area contributed by atoms with E-state index in [2.05, 4.69) is 11.1 Å². The molecule has 1 heterocycles. The third-order valence-electron chi connectivity index (χ3n) is 1.84. The van der Waals surface area contributed by atoms with Crippen molar-refractivity contribution < 1.29 is 8.78 Å². The van der Waals surface area contributed by atoms with E-state index in [1.54, 1.807) is 12.1 Å². The highest BCUT2D eigenvalue weighted by atomic mass is 19.2. The van der Waals surface area contributed by atoms with Crippen LogP contribution in [0.5, 0.6) is 0 Å². The van der Waals surface area contributed by atoms with E-state index in [0.29, 0.717) is 5.69 Å². The minimum atomic E-state index is -0.869. The maximum Gasteiger partial charge on any atom is 0.168 e. The third-order valence-corrected chi connectivity index (χ3v) is 1.84. The highest BCUT2D eigenvalue weighted by Gasteiger charge is 2.09. The molecule has 2 rings (SSSR count). The van der Waals surface area contributed by atoms with Crippen LogP contribution in [0.1, 0.15) is 0 Å². The molecule has 0 atom stereocenters. The molecule has 0 saturated heterocycles. The number of pyridine rings is 1. The Balaban J connectivity index is 2.58. The summed E-state index contributed by atoms with van der Waals surface area (Å²) < 4.78 is 26.1. The third kappa shape index (κ3) is 1.48. The molecule has 1 nitrogen and oxygen atoms in total. The number of nitrogens with zero attached hydrogens (tertiary/aromatic N) is 1.